The molecule has 84 valence electrons. The highest BCUT2D eigenvalue weighted by Gasteiger charge is 2.11. The van der Waals surface area contributed by atoms with Crippen molar-refractivity contribution in [2.75, 3.05) is 6.26 Å². The van der Waals surface area contributed by atoms with Crippen LogP contribution in [0.1, 0.15) is 0 Å². The molecule has 0 bridgehead atoms. The number of aromatic nitrogens is 1. The van der Waals surface area contributed by atoms with Gasteiger partial charge in [-0.2, -0.15) is 0 Å². The average Bonchev–Trinajstić information content (AvgIpc) is 2.35. The Bertz CT molecular complexity index is 720. The van der Waals surface area contributed by atoms with E-state index in [4.69, 9.17) is 4.42 Å². The first-order valence-electron chi connectivity index (χ1n) is 5.15. The van der Waals surface area contributed by atoms with Crippen LogP contribution in [0.4, 0.5) is 0 Å². The summed E-state index contributed by atoms with van der Waals surface area (Å²) in [5.41, 5.74) is 2.18. The number of hydrogen-bond acceptors (Lipinski definition) is 4. The Hall–Kier alpha value is -1.81. The molecule has 3 nitrogen and oxygen atoms in total. The van der Waals surface area contributed by atoms with Crippen molar-refractivity contribution in [3.8, 4) is 11.5 Å². The van der Waals surface area contributed by atoms with Crippen LogP contribution in [0.2, 0.25) is 0 Å². The van der Waals surface area contributed by atoms with Crippen LogP contribution in [0.25, 0.3) is 22.6 Å². The summed E-state index contributed by atoms with van der Waals surface area (Å²) in [6.07, 6.45) is 1.88. The van der Waals surface area contributed by atoms with E-state index in [2.05, 4.69) is 4.98 Å². The Balaban J connectivity index is 2.41. The molecule has 0 atom stereocenters. The van der Waals surface area contributed by atoms with Gasteiger partial charge in [-0.15, -0.1) is 11.8 Å². The zero-order chi connectivity index (χ0) is 11.8. The maximum atomic E-state index is 11.7. The van der Waals surface area contributed by atoms with E-state index in [9.17, 15) is 4.79 Å². The van der Waals surface area contributed by atoms with Gasteiger partial charge in [0.25, 0.3) is 0 Å². The summed E-state index contributed by atoms with van der Waals surface area (Å²) < 4.78 is 5.65. The quantitative estimate of drug-likeness (QED) is 0.486. The Morgan fingerprint density at radius 3 is 2.88 bits per heavy atom. The predicted octanol–water partition coefficient (Wildman–Crippen LogP) is 3.01. The minimum Gasteiger partial charge on any atom is -0.453 e. The SMILES string of the molecule is CSc1cc2nc3ccccc3oc-2cc1=O. The topological polar surface area (TPSA) is 43.1 Å². The first kappa shape index (κ1) is 10.4. The van der Waals surface area contributed by atoms with Gasteiger partial charge in [0.1, 0.15) is 11.2 Å². The molecule has 1 aromatic carbocycles. The van der Waals surface area contributed by atoms with Crippen molar-refractivity contribution in [1.82, 2.24) is 4.98 Å². The van der Waals surface area contributed by atoms with E-state index in [0.29, 0.717) is 21.9 Å². The molecular weight excluding hydrogens is 234 g/mol. The molecule has 0 saturated heterocycles. The summed E-state index contributed by atoms with van der Waals surface area (Å²) in [5, 5.41) is 0. The molecule has 1 aromatic rings. The summed E-state index contributed by atoms with van der Waals surface area (Å²) >= 11 is 1.42. The number of fused-ring (bicyclic) bond motifs is 2. The van der Waals surface area contributed by atoms with Gasteiger partial charge in [-0.05, 0) is 24.5 Å². The lowest BCUT2D eigenvalue weighted by Gasteiger charge is -2.06. The Morgan fingerprint density at radius 1 is 1.24 bits per heavy atom. The standard InChI is InChI=1S/C13H9NO2S/c1-17-13-6-9-12(7-10(13)15)16-11-5-3-2-4-8(11)14-9/h2-7H,1H3. The largest absolute Gasteiger partial charge is 0.453 e. The first-order chi connectivity index (χ1) is 8.28. The van der Waals surface area contributed by atoms with Crippen LogP contribution in [-0.2, 0) is 0 Å². The van der Waals surface area contributed by atoms with Gasteiger partial charge in [-0.3, -0.25) is 4.79 Å². The van der Waals surface area contributed by atoms with E-state index in [-0.39, 0.29) is 5.43 Å². The van der Waals surface area contributed by atoms with E-state index in [1.165, 1.54) is 17.8 Å². The Morgan fingerprint density at radius 2 is 2.06 bits per heavy atom. The summed E-state index contributed by atoms with van der Waals surface area (Å²) in [6, 6.07) is 10.8. The normalized spacial score (nSPS) is 11.1. The van der Waals surface area contributed by atoms with E-state index >= 15 is 0 Å². The number of rotatable bonds is 1. The van der Waals surface area contributed by atoms with Gasteiger partial charge < -0.3 is 4.42 Å². The molecule has 1 aliphatic heterocycles. The molecule has 1 aliphatic carbocycles. The molecule has 0 N–H and O–H groups in total. The lowest BCUT2D eigenvalue weighted by Crippen LogP contribution is -2.04. The van der Waals surface area contributed by atoms with Crippen molar-refractivity contribution in [3.63, 3.8) is 0 Å². The third-order valence-electron chi connectivity index (χ3n) is 2.57. The van der Waals surface area contributed by atoms with Crippen molar-refractivity contribution in [3.05, 3.63) is 46.6 Å². The molecule has 0 aromatic heterocycles. The molecule has 0 fully saturated rings. The number of benzene rings is 2. The van der Waals surface area contributed by atoms with Crippen molar-refractivity contribution in [2.45, 2.75) is 4.90 Å². The van der Waals surface area contributed by atoms with Crippen molar-refractivity contribution < 1.29 is 4.42 Å². The van der Waals surface area contributed by atoms with E-state index < -0.39 is 0 Å². The molecule has 0 unspecified atom stereocenters. The number of thioether (sulfide) groups is 1. The van der Waals surface area contributed by atoms with Crippen molar-refractivity contribution >= 4 is 22.9 Å². The molecule has 0 saturated carbocycles. The Labute approximate surface area is 102 Å². The molecule has 3 rings (SSSR count). The van der Waals surface area contributed by atoms with E-state index in [1.54, 1.807) is 6.07 Å². The highest BCUT2D eigenvalue weighted by molar-refractivity contribution is 7.98. The third kappa shape index (κ3) is 1.70. The zero-order valence-electron chi connectivity index (χ0n) is 9.14. The minimum atomic E-state index is -0.0224. The van der Waals surface area contributed by atoms with Crippen LogP contribution >= 0.6 is 11.8 Å². The molecule has 0 amide bonds. The Kier molecular flexibility index (Phi) is 2.37. The van der Waals surface area contributed by atoms with Gasteiger partial charge in [0.2, 0.25) is 0 Å². The lowest BCUT2D eigenvalue weighted by atomic mass is 10.2. The maximum absolute atomic E-state index is 11.7. The smallest absolute Gasteiger partial charge is 0.196 e. The monoisotopic (exact) mass is 243 g/mol. The molecule has 2 aliphatic rings. The molecule has 0 spiro atoms. The average molecular weight is 243 g/mol. The highest BCUT2D eigenvalue weighted by Crippen LogP contribution is 2.26. The zero-order valence-corrected chi connectivity index (χ0v) is 9.95. The second-order valence-corrected chi connectivity index (χ2v) is 4.50. The highest BCUT2D eigenvalue weighted by atomic mass is 32.2. The van der Waals surface area contributed by atoms with Gasteiger partial charge in [0.05, 0.1) is 4.90 Å². The second kappa shape index (κ2) is 3.89. The van der Waals surface area contributed by atoms with Crippen molar-refractivity contribution in [1.29, 1.82) is 0 Å². The fourth-order valence-electron chi connectivity index (χ4n) is 1.74. The minimum absolute atomic E-state index is 0.0224. The summed E-state index contributed by atoms with van der Waals surface area (Å²) in [7, 11) is 0. The van der Waals surface area contributed by atoms with Gasteiger partial charge >= 0.3 is 0 Å². The van der Waals surface area contributed by atoms with Crippen LogP contribution in [0.3, 0.4) is 0 Å². The van der Waals surface area contributed by atoms with Crippen LogP contribution in [0, 0.1) is 0 Å². The number of para-hydroxylation sites is 2. The van der Waals surface area contributed by atoms with Crippen LogP contribution < -0.4 is 5.43 Å². The summed E-state index contributed by atoms with van der Waals surface area (Å²) in [4.78, 5) is 16.9. The van der Waals surface area contributed by atoms with Crippen molar-refractivity contribution in [2.24, 2.45) is 0 Å². The molecule has 1 heterocycles. The molecular formula is C13H9NO2S. The van der Waals surface area contributed by atoms with Crippen LogP contribution in [0.15, 0.2) is 50.5 Å². The molecule has 0 radical (unpaired) electrons. The van der Waals surface area contributed by atoms with E-state index in [0.717, 1.165) is 5.52 Å². The predicted molar refractivity (Wildman–Crippen MR) is 68.7 cm³/mol. The number of hydrogen-bond donors (Lipinski definition) is 0. The first-order valence-corrected chi connectivity index (χ1v) is 6.38. The maximum Gasteiger partial charge on any atom is 0.196 e. The van der Waals surface area contributed by atoms with Gasteiger partial charge in [0, 0.05) is 6.07 Å². The molecule has 17 heavy (non-hydrogen) atoms. The fourth-order valence-corrected chi connectivity index (χ4v) is 2.23. The van der Waals surface area contributed by atoms with Gasteiger partial charge in [-0.1, -0.05) is 12.1 Å². The van der Waals surface area contributed by atoms with Gasteiger partial charge in [0.15, 0.2) is 16.8 Å². The van der Waals surface area contributed by atoms with Crippen LogP contribution in [0.5, 0.6) is 0 Å². The number of nitrogens with zero attached hydrogens (tertiary/aromatic N) is 1. The third-order valence-corrected chi connectivity index (χ3v) is 3.33. The van der Waals surface area contributed by atoms with Gasteiger partial charge in [-0.25, -0.2) is 4.98 Å². The lowest BCUT2D eigenvalue weighted by molar-refractivity contribution is 0.611. The fraction of sp³-hybridized carbons (Fsp3) is 0.0769. The second-order valence-electron chi connectivity index (χ2n) is 3.65. The van der Waals surface area contributed by atoms with Crippen LogP contribution in [-0.4, -0.2) is 11.2 Å². The summed E-state index contributed by atoms with van der Waals surface area (Å²) in [5.74, 6) is 0.534. The summed E-state index contributed by atoms with van der Waals surface area (Å²) in [6.45, 7) is 0. The van der Waals surface area contributed by atoms with E-state index in [1.807, 2.05) is 30.5 Å². The molecule has 4 heteroatoms.